The van der Waals surface area contributed by atoms with Gasteiger partial charge in [0, 0.05) is 12.1 Å². The van der Waals surface area contributed by atoms with Crippen LogP contribution in [0.1, 0.15) is 36.3 Å². The summed E-state index contributed by atoms with van der Waals surface area (Å²) in [6.45, 7) is 4.30. The van der Waals surface area contributed by atoms with Crippen molar-refractivity contribution in [3.63, 3.8) is 0 Å². The number of ether oxygens (including phenoxy) is 2. The summed E-state index contributed by atoms with van der Waals surface area (Å²) in [5.74, 6) is 0.928. The molecule has 1 heterocycles. The molecule has 1 amide bonds. The lowest BCUT2D eigenvalue weighted by Crippen LogP contribution is -2.33. The lowest BCUT2D eigenvalue weighted by atomic mass is 10.1. The Kier molecular flexibility index (Phi) is 7.07. The number of aromatic nitrogens is 1. The Morgan fingerprint density at radius 1 is 1.24 bits per heavy atom. The van der Waals surface area contributed by atoms with Crippen LogP contribution in [-0.4, -0.2) is 30.6 Å². The van der Waals surface area contributed by atoms with E-state index < -0.39 is 0 Å². The van der Waals surface area contributed by atoms with Gasteiger partial charge in [-0.25, -0.2) is 4.98 Å². The molecule has 0 saturated heterocycles. The first-order chi connectivity index (χ1) is 12.0. The molecule has 1 atom stereocenters. The van der Waals surface area contributed by atoms with E-state index >= 15 is 0 Å². The van der Waals surface area contributed by atoms with Crippen molar-refractivity contribution < 1.29 is 14.3 Å². The SMILES string of the molecule is CCOc1ccc(Cl)c(C(=O)NC(C)CCc2ccc(OC)cc2)n1. The third kappa shape index (κ3) is 5.64. The van der Waals surface area contributed by atoms with Crippen LogP contribution in [0.3, 0.4) is 0 Å². The number of benzene rings is 1. The van der Waals surface area contributed by atoms with E-state index in [0.717, 1.165) is 18.6 Å². The van der Waals surface area contributed by atoms with E-state index in [2.05, 4.69) is 10.3 Å². The molecule has 0 aliphatic carbocycles. The number of aryl methyl sites for hydroxylation is 1. The number of pyridine rings is 1. The number of halogens is 1. The van der Waals surface area contributed by atoms with Gasteiger partial charge in [0.05, 0.1) is 18.7 Å². The summed E-state index contributed by atoms with van der Waals surface area (Å²) >= 11 is 6.09. The Balaban J connectivity index is 1.91. The Morgan fingerprint density at radius 2 is 1.96 bits per heavy atom. The smallest absolute Gasteiger partial charge is 0.271 e. The van der Waals surface area contributed by atoms with E-state index in [1.165, 1.54) is 5.56 Å². The molecule has 5 nitrogen and oxygen atoms in total. The molecule has 0 aliphatic rings. The predicted octanol–water partition coefficient (Wildman–Crippen LogP) is 3.89. The summed E-state index contributed by atoms with van der Waals surface area (Å²) in [4.78, 5) is 16.6. The average Bonchev–Trinajstić information content (AvgIpc) is 2.62. The molecule has 25 heavy (non-hydrogen) atoms. The summed E-state index contributed by atoms with van der Waals surface area (Å²) in [6.07, 6.45) is 1.66. The zero-order chi connectivity index (χ0) is 18.2. The molecule has 2 aromatic rings. The second-order valence-electron chi connectivity index (χ2n) is 5.67. The lowest BCUT2D eigenvalue weighted by Gasteiger charge is -2.15. The maximum Gasteiger partial charge on any atom is 0.271 e. The molecule has 1 unspecified atom stereocenters. The van der Waals surface area contributed by atoms with Crippen molar-refractivity contribution in [3.05, 3.63) is 52.7 Å². The fraction of sp³-hybridized carbons (Fsp3) is 0.368. The molecule has 0 saturated carbocycles. The fourth-order valence-corrected chi connectivity index (χ4v) is 2.54. The van der Waals surface area contributed by atoms with Crippen LogP contribution < -0.4 is 14.8 Å². The minimum absolute atomic E-state index is 0.0109. The Hall–Kier alpha value is -2.27. The Bertz CT molecular complexity index is 704. The maximum absolute atomic E-state index is 12.4. The fourth-order valence-electron chi connectivity index (χ4n) is 2.35. The van der Waals surface area contributed by atoms with Crippen molar-refractivity contribution in [2.75, 3.05) is 13.7 Å². The molecule has 1 aromatic carbocycles. The molecule has 6 heteroatoms. The van der Waals surface area contributed by atoms with Crippen molar-refractivity contribution in [1.29, 1.82) is 0 Å². The molecule has 0 bridgehead atoms. The highest BCUT2D eigenvalue weighted by atomic mass is 35.5. The first-order valence-electron chi connectivity index (χ1n) is 8.26. The summed E-state index contributed by atoms with van der Waals surface area (Å²) < 4.78 is 10.5. The predicted molar refractivity (Wildman–Crippen MR) is 98.7 cm³/mol. The van der Waals surface area contributed by atoms with E-state index in [1.807, 2.05) is 38.1 Å². The van der Waals surface area contributed by atoms with Gasteiger partial charge in [-0.05, 0) is 50.5 Å². The molecule has 134 valence electrons. The summed E-state index contributed by atoms with van der Waals surface area (Å²) in [6, 6.07) is 11.2. The Morgan fingerprint density at radius 3 is 2.60 bits per heavy atom. The van der Waals surface area contributed by atoms with E-state index in [-0.39, 0.29) is 17.6 Å². The molecule has 0 aliphatic heterocycles. The van der Waals surface area contributed by atoms with Gasteiger partial charge in [-0.1, -0.05) is 23.7 Å². The van der Waals surface area contributed by atoms with Gasteiger partial charge in [0.25, 0.3) is 5.91 Å². The second kappa shape index (κ2) is 9.28. The van der Waals surface area contributed by atoms with Gasteiger partial charge in [-0.3, -0.25) is 4.79 Å². The quantitative estimate of drug-likeness (QED) is 0.773. The third-order valence-corrected chi connectivity index (χ3v) is 4.04. The topological polar surface area (TPSA) is 60.5 Å². The normalized spacial score (nSPS) is 11.7. The van der Waals surface area contributed by atoms with Crippen LogP contribution in [0.2, 0.25) is 5.02 Å². The first-order valence-corrected chi connectivity index (χ1v) is 8.64. The number of carbonyl (C=O) groups excluding carboxylic acids is 1. The zero-order valence-electron chi connectivity index (χ0n) is 14.7. The second-order valence-corrected chi connectivity index (χ2v) is 6.08. The maximum atomic E-state index is 12.4. The van der Waals surface area contributed by atoms with Gasteiger partial charge in [0.2, 0.25) is 5.88 Å². The number of methoxy groups -OCH3 is 1. The number of rotatable bonds is 8. The van der Waals surface area contributed by atoms with Crippen LogP contribution in [0.15, 0.2) is 36.4 Å². The number of hydrogen-bond donors (Lipinski definition) is 1. The monoisotopic (exact) mass is 362 g/mol. The van der Waals surface area contributed by atoms with Gasteiger partial charge >= 0.3 is 0 Å². The summed E-state index contributed by atoms with van der Waals surface area (Å²) in [7, 11) is 1.65. The summed E-state index contributed by atoms with van der Waals surface area (Å²) in [5.41, 5.74) is 1.38. The highest BCUT2D eigenvalue weighted by Gasteiger charge is 2.16. The molecule has 1 N–H and O–H groups in total. The largest absolute Gasteiger partial charge is 0.497 e. The first kappa shape index (κ1) is 19.1. The highest BCUT2D eigenvalue weighted by Crippen LogP contribution is 2.18. The minimum Gasteiger partial charge on any atom is -0.497 e. The van der Waals surface area contributed by atoms with E-state index in [9.17, 15) is 4.79 Å². The van der Waals surface area contributed by atoms with Crippen molar-refractivity contribution in [2.45, 2.75) is 32.7 Å². The highest BCUT2D eigenvalue weighted by molar-refractivity contribution is 6.33. The van der Waals surface area contributed by atoms with Gasteiger partial charge in [0.1, 0.15) is 5.75 Å². The molecule has 1 aromatic heterocycles. The van der Waals surface area contributed by atoms with Crippen LogP contribution in [0, 0.1) is 0 Å². The number of amides is 1. The standard InChI is InChI=1S/C19H23ClN2O3/c1-4-25-17-12-11-16(20)18(22-17)19(23)21-13(2)5-6-14-7-9-15(24-3)10-8-14/h7-13H,4-6H2,1-3H3,(H,21,23). The van der Waals surface area contributed by atoms with Crippen LogP contribution in [0.4, 0.5) is 0 Å². The molecule has 2 rings (SSSR count). The molecule has 0 radical (unpaired) electrons. The van der Waals surface area contributed by atoms with Gasteiger partial charge < -0.3 is 14.8 Å². The Labute approximate surface area is 153 Å². The lowest BCUT2D eigenvalue weighted by molar-refractivity contribution is 0.0932. The van der Waals surface area contributed by atoms with Crippen molar-refractivity contribution in [2.24, 2.45) is 0 Å². The third-order valence-electron chi connectivity index (χ3n) is 3.73. The van der Waals surface area contributed by atoms with Crippen LogP contribution >= 0.6 is 11.6 Å². The number of nitrogens with one attached hydrogen (secondary N) is 1. The van der Waals surface area contributed by atoms with E-state index in [4.69, 9.17) is 21.1 Å². The number of carbonyl (C=O) groups is 1. The van der Waals surface area contributed by atoms with Crippen LogP contribution in [-0.2, 0) is 6.42 Å². The van der Waals surface area contributed by atoms with Gasteiger partial charge in [-0.2, -0.15) is 0 Å². The van der Waals surface area contributed by atoms with Gasteiger partial charge in [0.15, 0.2) is 5.69 Å². The number of hydrogen-bond acceptors (Lipinski definition) is 4. The molecule has 0 fully saturated rings. The minimum atomic E-state index is -0.297. The van der Waals surface area contributed by atoms with E-state index in [0.29, 0.717) is 17.5 Å². The van der Waals surface area contributed by atoms with Crippen LogP contribution in [0.25, 0.3) is 0 Å². The van der Waals surface area contributed by atoms with Crippen molar-refractivity contribution >= 4 is 17.5 Å². The molecular weight excluding hydrogens is 340 g/mol. The van der Waals surface area contributed by atoms with Gasteiger partial charge in [-0.15, -0.1) is 0 Å². The molecule has 0 spiro atoms. The van der Waals surface area contributed by atoms with E-state index in [1.54, 1.807) is 19.2 Å². The summed E-state index contributed by atoms with van der Waals surface area (Å²) in [5, 5.41) is 3.24. The van der Waals surface area contributed by atoms with Crippen molar-refractivity contribution in [3.8, 4) is 11.6 Å². The molecular formula is C19H23ClN2O3. The van der Waals surface area contributed by atoms with Crippen molar-refractivity contribution in [1.82, 2.24) is 10.3 Å². The number of nitrogens with zero attached hydrogens (tertiary/aromatic N) is 1. The zero-order valence-corrected chi connectivity index (χ0v) is 15.5. The average molecular weight is 363 g/mol. The van der Waals surface area contributed by atoms with Crippen LogP contribution in [0.5, 0.6) is 11.6 Å².